The number of hydrogen-bond acceptors (Lipinski definition) is 3. The van der Waals surface area contributed by atoms with Crippen molar-refractivity contribution in [3.8, 4) is 0 Å². The highest BCUT2D eigenvalue weighted by molar-refractivity contribution is 5.94. The number of carboxylic acids is 1. The van der Waals surface area contributed by atoms with Gasteiger partial charge >= 0.3 is 5.97 Å². The Morgan fingerprint density at radius 1 is 1.53 bits per heavy atom. The number of carbonyl (C=O) groups excluding carboxylic acids is 1. The van der Waals surface area contributed by atoms with Crippen LogP contribution in [0.4, 0.5) is 0 Å². The Kier molecular flexibility index (Phi) is 3.87. The number of carbonyl (C=O) groups is 2. The summed E-state index contributed by atoms with van der Waals surface area (Å²) in [5.41, 5.74) is 0.528. The van der Waals surface area contributed by atoms with E-state index < -0.39 is 11.9 Å². The van der Waals surface area contributed by atoms with Crippen LogP contribution in [-0.4, -0.2) is 44.3 Å². The molecule has 104 valence electrons. The van der Waals surface area contributed by atoms with Gasteiger partial charge in [-0.05, 0) is 26.7 Å². The van der Waals surface area contributed by atoms with Crippen LogP contribution in [0.1, 0.15) is 37.0 Å². The highest BCUT2D eigenvalue weighted by Gasteiger charge is 2.35. The lowest BCUT2D eigenvalue weighted by Gasteiger charge is -2.37. The Hall–Kier alpha value is -1.85. The smallest absolute Gasteiger partial charge is 0.308 e. The van der Waals surface area contributed by atoms with Crippen LogP contribution < -0.4 is 0 Å². The van der Waals surface area contributed by atoms with Crippen molar-refractivity contribution >= 4 is 11.9 Å². The molecular formula is C13H19N3O3. The third kappa shape index (κ3) is 2.62. The predicted octanol–water partition coefficient (Wildman–Crippen LogP) is 1.23. The topological polar surface area (TPSA) is 75.4 Å². The van der Waals surface area contributed by atoms with E-state index in [1.54, 1.807) is 28.9 Å². The number of piperidine rings is 1. The number of nitrogens with zero attached hydrogens (tertiary/aromatic N) is 3. The standard InChI is InChI=1S/C13H19N3O3/c1-3-15-8-10(7-14-15)12(17)16-6-4-5-11(9(16)2)13(18)19/h7-9,11H,3-6H2,1-2H3,(H,18,19)/t9-,11-/m0/s1. The van der Waals surface area contributed by atoms with Gasteiger partial charge in [0.1, 0.15) is 0 Å². The molecule has 1 aromatic heterocycles. The number of likely N-dealkylation sites (tertiary alicyclic amines) is 1. The maximum absolute atomic E-state index is 12.4. The molecule has 6 nitrogen and oxygen atoms in total. The Balaban J connectivity index is 2.16. The van der Waals surface area contributed by atoms with E-state index in [4.69, 9.17) is 5.11 Å². The fourth-order valence-electron chi connectivity index (χ4n) is 2.57. The van der Waals surface area contributed by atoms with Gasteiger partial charge in [0.25, 0.3) is 5.91 Å². The minimum atomic E-state index is -0.825. The van der Waals surface area contributed by atoms with Gasteiger partial charge < -0.3 is 10.0 Å². The molecule has 0 aliphatic carbocycles. The minimum absolute atomic E-state index is 0.127. The molecule has 2 atom stereocenters. The number of rotatable bonds is 3. The molecule has 6 heteroatoms. The van der Waals surface area contributed by atoms with Crippen molar-refractivity contribution in [2.45, 2.75) is 39.3 Å². The highest BCUT2D eigenvalue weighted by Crippen LogP contribution is 2.25. The first-order valence-corrected chi connectivity index (χ1v) is 6.60. The third-order valence-electron chi connectivity index (χ3n) is 3.77. The first kappa shape index (κ1) is 13.6. The van der Waals surface area contributed by atoms with Gasteiger partial charge in [0.05, 0.1) is 17.7 Å². The van der Waals surface area contributed by atoms with Gasteiger partial charge in [-0.3, -0.25) is 14.3 Å². The second-order valence-corrected chi connectivity index (χ2v) is 4.91. The van der Waals surface area contributed by atoms with Gasteiger partial charge in [0.2, 0.25) is 0 Å². The summed E-state index contributed by atoms with van der Waals surface area (Å²) in [6, 6.07) is -0.274. The maximum Gasteiger partial charge on any atom is 0.308 e. The van der Waals surface area contributed by atoms with Crippen molar-refractivity contribution in [2.24, 2.45) is 5.92 Å². The molecule has 0 saturated carbocycles. The fraction of sp³-hybridized carbons (Fsp3) is 0.615. The van der Waals surface area contributed by atoms with Crippen LogP contribution in [0.3, 0.4) is 0 Å². The lowest BCUT2D eigenvalue weighted by atomic mass is 9.90. The molecule has 1 aliphatic heterocycles. The van der Waals surface area contributed by atoms with Crippen molar-refractivity contribution in [3.63, 3.8) is 0 Å². The molecule has 1 amide bonds. The van der Waals surface area contributed by atoms with E-state index in [9.17, 15) is 9.59 Å². The molecule has 1 N–H and O–H groups in total. The summed E-state index contributed by atoms with van der Waals surface area (Å²) in [6.45, 7) is 5.08. The molecule has 1 fully saturated rings. The predicted molar refractivity (Wildman–Crippen MR) is 68.8 cm³/mol. The number of amides is 1. The largest absolute Gasteiger partial charge is 0.481 e. The van der Waals surface area contributed by atoms with Gasteiger partial charge in [0.15, 0.2) is 0 Å². The first-order chi connectivity index (χ1) is 9.04. The molecule has 2 rings (SSSR count). The molecule has 0 spiro atoms. The van der Waals surface area contributed by atoms with Crippen molar-refractivity contribution < 1.29 is 14.7 Å². The summed E-state index contributed by atoms with van der Waals surface area (Å²) in [5.74, 6) is -1.42. The SMILES string of the molecule is CCn1cc(C(=O)N2CCC[C@H](C(=O)O)[C@@H]2C)cn1. The van der Waals surface area contributed by atoms with Gasteiger partial charge in [-0.2, -0.15) is 5.10 Å². The van der Waals surface area contributed by atoms with E-state index in [1.165, 1.54) is 0 Å². The van der Waals surface area contributed by atoms with Crippen molar-refractivity contribution in [3.05, 3.63) is 18.0 Å². The average molecular weight is 265 g/mol. The first-order valence-electron chi connectivity index (χ1n) is 6.60. The van der Waals surface area contributed by atoms with Crippen LogP contribution in [0.2, 0.25) is 0 Å². The molecule has 19 heavy (non-hydrogen) atoms. The summed E-state index contributed by atoms with van der Waals surface area (Å²) in [5, 5.41) is 13.2. The summed E-state index contributed by atoms with van der Waals surface area (Å²) in [7, 11) is 0. The second kappa shape index (κ2) is 5.42. The maximum atomic E-state index is 12.4. The van der Waals surface area contributed by atoms with E-state index in [1.807, 2.05) is 6.92 Å². The van der Waals surface area contributed by atoms with Crippen molar-refractivity contribution in [1.29, 1.82) is 0 Å². The summed E-state index contributed by atoms with van der Waals surface area (Å²) in [6.07, 6.45) is 4.62. The van der Waals surface area contributed by atoms with E-state index in [-0.39, 0.29) is 11.9 Å². The summed E-state index contributed by atoms with van der Waals surface area (Å²) >= 11 is 0. The molecule has 1 aliphatic rings. The lowest BCUT2D eigenvalue weighted by Crippen LogP contribution is -2.49. The molecule has 1 saturated heterocycles. The van der Waals surface area contributed by atoms with Crippen LogP contribution in [0, 0.1) is 5.92 Å². The molecule has 0 radical (unpaired) electrons. The van der Waals surface area contributed by atoms with Crippen LogP contribution in [0.25, 0.3) is 0 Å². The summed E-state index contributed by atoms with van der Waals surface area (Å²) < 4.78 is 1.69. The average Bonchev–Trinajstić information content (AvgIpc) is 2.86. The van der Waals surface area contributed by atoms with E-state index in [0.717, 1.165) is 6.42 Å². The van der Waals surface area contributed by atoms with E-state index >= 15 is 0 Å². The molecule has 0 unspecified atom stereocenters. The van der Waals surface area contributed by atoms with Gasteiger partial charge in [-0.1, -0.05) is 0 Å². The molecule has 0 aromatic carbocycles. The van der Waals surface area contributed by atoms with Crippen LogP contribution in [-0.2, 0) is 11.3 Å². The zero-order valence-corrected chi connectivity index (χ0v) is 11.2. The Labute approximate surface area is 112 Å². The Morgan fingerprint density at radius 3 is 2.84 bits per heavy atom. The molecule has 1 aromatic rings. The molecule has 2 heterocycles. The lowest BCUT2D eigenvalue weighted by molar-refractivity contribution is -0.144. The highest BCUT2D eigenvalue weighted by atomic mass is 16.4. The van der Waals surface area contributed by atoms with Crippen LogP contribution in [0.15, 0.2) is 12.4 Å². The number of aliphatic carboxylic acids is 1. The normalized spacial score (nSPS) is 23.4. The third-order valence-corrected chi connectivity index (χ3v) is 3.77. The number of aryl methyl sites for hydroxylation is 1. The quantitative estimate of drug-likeness (QED) is 0.891. The fourth-order valence-corrected chi connectivity index (χ4v) is 2.57. The number of carboxylic acid groups (broad SMARTS) is 1. The van der Waals surface area contributed by atoms with E-state index in [0.29, 0.717) is 25.1 Å². The van der Waals surface area contributed by atoms with Gasteiger partial charge in [-0.15, -0.1) is 0 Å². The molecule has 0 bridgehead atoms. The molecular weight excluding hydrogens is 246 g/mol. The van der Waals surface area contributed by atoms with Crippen molar-refractivity contribution in [1.82, 2.24) is 14.7 Å². The minimum Gasteiger partial charge on any atom is -0.481 e. The zero-order valence-electron chi connectivity index (χ0n) is 11.2. The Morgan fingerprint density at radius 2 is 2.26 bits per heavy atom. The number of hydrogen-bond donors (Lipinski definition) is 1. The van der Waals surface area contributed by atoms with Crippen molar-refractivity contribution in [2.75, 3.05) is 6.54 Å². The second-order valence-electron chi connectivity index (χ2n) is 4.91. The van der Waals surface area contributed by atoms with Crippen LogP contribution >= 0.6 is 0 Å². The van der Waals surface area contributed by atoms with Gasteiger partial charge in [0, 0.05) is 25.3 Å². The van der Waals surface area contributed by atoms with Gasteiger partial charge in [-0.25, -0.2) is 0 Å². The number of aromatic nitrogens is 2. The zero-order chi connectivity index (χ0) is 14.0. The van der Waals surface area contributed by atoms with E-state index in [2.05, 4.69) is 5.10 Å². The monoisotopic (exact) mass is 265 g/mol. The Bertz CT molecular complexity index is 483. The summed E-state index contributed by atoms with van der Waals surface area (Å²) in [4.78, 5) is 25.2. The van der Waals surface area contributed by atoms with Crippen LogP contribution in [0.5, 0.6) is 0 Å².